The van der Waals surface area contributed by atoms with Crippen LogP contribution in [0.1, 0.15) is 0 Å². The zero-order valence-electron chi connectivity index (χ0n) is 3.61. The fraction of sp³-hybridized carbons (Fsp3) is 0. The third kappa shape index (κ3) is 0.470. The van der Waals surface area contributed by atoms with Crippen molar-refractivity contribution in [3.8, 4) is 0 Å². The molecule has 4 amide bonds. The van der Waals surface area contributed by atoms with E-state index in [1.165, 1.54) is 0 Å². The van der Waals surface area contributed by atoms with Crippen molar-refractivity contribution in [2.45, 2.75) is 0 Å². The highest BCUT2D eigenvalue weighted by Gasteiger charge is 2.24. The first-order valence-corrected chi connectivity index (χ1v) is 1.70. The molecule has 1 heterocycles. The third-order valence-corrected chi connectivity index (χ3v) is 0.583. The van der Waals surface area contributed by atoms with Crippen molar-refractivity contribution in [1.82, 2.24) is 5.06 Å². The predicted molar refractivity (Wildman–Crippen MR) is 19.3 cm³/mol. The summed E-state index contributed by atoms with van der Waals surface area (Å²) in [5.74, 6) is 0. The number of carbonyl (C=O) groups excluding carboxylic acids is 2. The summed E-state index contributed by atoms with van der Waals surface area (Å²) in [6.07, 6.45) is 0. The number of hydrogen-bond donors (Lipinski definition) is 1. The van der Waals surface area contributed by atoms with Crippen LogP contribution in [0.15, 0.2) is 10.2 Å². The second-order valence-corrected chi connectivity index (χ2v) is 1.08. The molecular weight excluding hydrogens is 114 g/mol. The Bertz CT molecular complexity index is 155. The van der Waals surface area contributed by atoms with Crippen LogP contribution in [-0.2, 0) is 0 Å². The molecule has 0 atom stereocenters. The summed E-state index contributed by atoms with van der Waals surface area (Å²) in [4.78, 5) is 20.0. The van der Waals surface area contributed by atoms with E-state index >= 15 is 0 Å². The van der Waals surface area contributed by atoms with Gasteiger partial charge in [0, 0.05) is 0 Å². The Labute approximate surface area is 43.4 Å². The van der Waals surface area contributed by atoms with Crippen LogP contribution in [0.25, 0.3) is 0 Å². The molecular formula is C2HN3O3. The number of amides is 4. The van der Waals surface area contributed by atoms with Crippen LogP contribution in [0.2, 0.25) is 0 Å². The van der Waals surface area contributed by atoms with Gasteiger partial charge in [0.05, 0.1) is 0 Å². The number of hydroxylamine groups is 2. The van der Waals surface area contributed by atoms with E-state index < -0.39 is 12.1 Å². The molecule has 0 fully saturated rings. The van der Waals surface area contributed by atoms with Crippen LogP contribution < -0.4 is 0 Å². The fourth-order valence-electron chi connectivity index (χ4n) is 0.252. The van der Waals surface area contributed by atoms with Gasteiger partial charge in [0.15, 0.2) is 0 Å². The summed E-state index contributed by atoms with van der Waals surface area (Å²) in [5, 5.41) is 13.5. The molecule has 0 aromatic heterocycles. The van der Waals surface area contributed by atoms with Gasteiger partial charge in [-0.3, -0.25) is 5.21 Å². The smallest absolute Gasteiger partial charge is 0.276 e. The van der Waals surface area contributed by atoms with E-state index in [2.05, 4.69) is 10.2 Å². The van der Waals surface area contributed by atoms with Gasteiger partial charge in [0.1, 0.15) is 0 Å². The Balaban J connectivity index is 2.84. The van der Waals surface area contributed by atoms with E-state index in [-0.39, 0.29) is 5.06 Å². The van der Waals surface area contributed by atoms with Gasteiger partial charge < -0.3 is 0 Å². The number of rotatable bonds is 0. The molecule has 6 heteroatoms. The second kappa shape index (κ2) is 1.34. The molecule has 0 unspecified atom stereocenters. The lowest BCUT2D eigenvalue weighted by Gasteiger charge is -1.93. The molecule has 8 heavy (non-hydrogen) atoms. The van der Waals surface area contributed by atoms with Gasteiger partial charge in [-0.15, -0.1) is 5.06 Å². The molecule has 42 valence electrons. The monoisotopic (exact) mass is 115 g/mol. The molecule has 0 saturated carbocycles. The number of azo groups is 1. The van der Waals surface area contributed by atoms with Crippen molar-refractivity contribution >= 4 is 12.1 Å². The summed E-state index contributed by atoms with van der Waals surface area (Å²) in [6.45, 7) is 0. The van der Waals surface area contributed by atoms with Crippen LogP contribution in [0.4, 0.5) is 9.59 Å². The van der Waals surface area contributed by atoms with Crippen LogP contribution in [0, 0.1) is 0 Å². The Morgan fingerprint density at radius 1 is 1.25 bits per heavy atom. The lowest BCUT2D eigenvalue weighted by molar-refractivity contribution is 0.0118. The first-order valence-electron chi connectivity index (χ1n) is 1.70. The molecule has 0 spiro atoms. The zero-order chi connectivity index (χ0) is 6.15. The molecule has 1 aliphatic rings. The van der Waals surface area contributed by atoms with Gasteiger partial charge in [0.2, 0.25) is 0 Å². The van der Waals surface area contributed by atoms with E-state index in [9.17, 15) is 9.59 Å². The van der Waals surface area contributed by atoms with Crippen LogP contribution in [-0.4, -0.2) is 22.3 Å². The van der Waals surface area contributed by atoms with Crippen molar-refractivity contribution in [2.24, 2.45) is 10.2 Å². The molecule has 1 aliphatic heterocycles. The Kier molecular flexibility index (Phi) is 0.811. The maximum absolute atomic E-state index is 9.98. The van der Waals surface area contributed by atoms with Crippen molar-refractivity contribution in [3.63, 3.8) is 0 Å². The SMILES string of the molecule is O=C1N=NC(=O)N1O. The average Bonchev–Trinajstić information content (AvgIpc) is 1.98. The van der Waals surface area contributed by atoms with E-state index in [1.54, 1.807) is 0 Å². The fourth-order valence-corrected chi connectivity index (χ4v) is 0.252. The number of imide groups is 1. The van der Waals surface area contributed by atoms with Crippen molar-refractivity contribution in [2.75, 3.05) is 0 Å². The highest BCUT2D eigenvalue weighted by Crippen LogP contribution is 2.01. The second-order valence-electron chi connectivity index (χ2n) is 1.08. The van der Waals surface area contributed by atoms with Crippen LogP contribution in [0.3, 0.4) is 0 Å². The summed E-state index contributed by atoms with van der Waals surface area (Å²) in [5.41, 5.74) is 0. The lowest BCUT2D eigenvalue weighted by atomic mass is 10.9. The molecule has 1 rings (SSSR count). The summed E-state index contributed by atoms with van der Waals surface area (Å²) < 4.78 is 0. The minimum Gasteiger partial charge on any atom is -0.276 e. The first-order chi connectivity index (χ1) is 3.72. The number of hydrogen-bond acceptors (Lipinski definition) is 3. The average molecular weight is 115 g/mol. The van der Waals surface area contributed by atoms with Crippen LogP contribution >= 0.6 is 0 Å². The molecule has 0 radical (unpaired) electrons. The number of carbonyl (C=O) groups is 2. The lowest BCUT2D eigenvalue weighted by Crippen LogP contribution is -2.22. The summed E-state index contributed by atoms with van der Waals surface area (Å²) in [7, 11) is 0. The zero-order valence-corrected chi connectivity index (χ0v) is 3.61. The molecule has 0 saturated heterocycles. The molecule has 0 bridgehead atoms. The highest BCUT2D eigenvalue weighted by molar-refractivity contribution is 5.96. The van der Waals surface area contributed by atoms with Crippen LogP contribution in [0.5, 0.6) is 0 Å². The minimum absolute atomic E-state index is 0.167. The maximum Gasteiger partial charge on any atom is 0.395 e. The first kappa shape index (κ1) is 4.85. The van der Waals surface area contributed by atoms with Crippen molar-refractivity contribution in [1.29, 1.82) is 0 Å². The van der Waals surface area contributed by atoms with E-state index in [0.29, 0.717) is 0 Å². The number of urea groups is 2. The van der Waals surface area contributed by atoms with Gasteiger partial charge in [-0.05, 0) is 0 Å². The third-order valence-electron chi connectivity index (χ3n) is 0.583. The maximum atomic E-state index is 9.98. The summed E-state index contributed by atoms with van der Waals surface area (Å²) in [6, 6.07) is -2.09. The standard InChI is InChI=1S/C2HN3O3/c6-1-3-4-2(7)5(1)8/h8H. The van der Waals surface area contributed by atoms with E-state index in [4.69, 9.17) is 5.21 Å². The predicted octanol–water partition coefficient (Wildman–Crippen LogP) is 0.383. The topological polar surface area (TPSA) is 82.3 Å². The molecule has 0 aliphatic carbocycles. The largest absolute Gasteiger partial charge is 0.395 e. The Morgan fingerprint density at radius 3 is 1.75 bits per heavy atom. The van der Waals surface area contributed by atoms with E-state index in [0.717, 1.165) is 0 Å². The van der Waals surface area contributed by atoms with Crippen molar-refractivity contribution in [3.05, 3.63) is 0 Å². The molecule has 6 nitrogen and oxygen atoms in total. The molecule has 0 aromatic carbocycles. The van der Waals surface area contributed by atoms with Gasteiger partial charge >= 0.3 is 12.1 Å². The van der Waals surface area contributed by atoms with Gasteiger partial charge in [0.25, 0.3) is 0 Å². The molecule has 1 N–H and O–H groups in total. The summed E-state index contributed by atoms with van der Waals surface area (Å²) >= 11 is 0. The van der Waals surface area contributed by atoms with Gasteiger partial charge in [-0.2, -0.15) is 0 Å². The van der Waals surface area contributed by atoms with Gasteiger partial charge in [-0.1, -0.05) is 10.2 Å². The number of nitrogens with zero attached hydrogens (tertiary/aromatic N) is 3. The minimum atomic E-state index is -1.05. The Morgan fingerprint density at radius 2 is 1.62 bits per heavy atom. The highest BCUT2D eigenvalue weighted by atomic mass is 16.5. The van der Waals surface area contributed by atoms with E-state index in [1.807, 2.05) is 0 Å². The quantitative estimate of drug-likeness (QED) is 0.463. The normalized spacial score (nSPS) is 18.4. The Hall–Kier alpha value is -1.30. The van der Waals surface area contributed by atoms with Gasteiger partial charge in [-0.25, -0.2) is 9.59 Å². The molecule has 0 aromatic rings. The van der Waals surface area contributed by atoms with Crippen molar-refractivity contribution < 1.29 is 14.8 Å².